The van der Waals surface area contributed by atoms with Gasteiger partial charge in [0, 0.05) is 16.6 Å². The zero-order chi connectivity index (χ0) is 17.8. The van der Waals surface area contributed by atoms with Crippen molar-refractivity contribution in [1.29, 1.82) is 0 Å². The Morgan fingerprint density at radius 1 is 0.880 bits per heavy atom. The Labute approximate surface area is 157 Å². The molecule has 126 valence electrons. The Morgan fingerprint density at radius 3 is 2.12 bits per heavy atom. The molecular formula is C22H21BrNO+. The lowest BCUT2D eigenvalue weighted by Crippen LogP contribution is -2.10. The Morgan fingerprint density at radius 2 is 1.56 bits per heavy atom. The van der Waals surface area contributed by atoms with Gasteiger partial charge in [-0.15, -0.1) is 0 Å². The first-order valence-corrected chi connectivity index (χ1v) is 8.93. The first-order chi connectivity index (χ1) is 12.1. The summed E-state index contributed by atoms with van der Waals surface area (Å²) in [6.45, 7) is 0. The van der Waals surface area contributed by atoms with Crippen LogP contribution < -0.4 is 4.74 Å². The third-order valence-electron chi connectivity index (χ3n) is 4.16. The molecule has 2 aromatic carbocycles. The normalized spacial score (nSPS) is 13.1. The minimum atomic E-state index is 0.861. The van der Waals surface area contributed by atoms with Gasteiger partial charge in [-0.3, -0.25) is 0 Å². The Balaban J connectivity index is 2.16. The fraction of sp³-hybridized carbons (Fsp3) is 0.136. The second-order valence-corrected chi connectivity index (χ2v) is 6.97. The van der Waals surface area contributed by atoms with E-state index in [1.54, 1.807) is 7.11 Å². The van der Waals surface area contributed by atoms with Gasteiger partial charge in [0.25, 0.3) is 0 Å². The van der Waals surface area contributed by atoms with Crippen LogP contribution in [0.1, 0.15) is 11.1 Å². The average molecular weight is 395 g/mol. The molecule has 2 nitrogen and oxygen atoms in total. The predicted octanol–water partition coefficient (Wildman–Crippen LogP) is 5.10. The van der Waals surface area contributed by atoms with E-state index >= 15 is 0 Å². The van der Waals surface area contributed by atoms with Gasteiger partial charge in [0.15, 0.2) is 5.71 Å². The molecule has 0 saturated heterocycles. The summed E-state index contributed by atoms with van der Waals surface area (Å²) < 4.78 is 8.48. The van der Waals surface area contributed by atoms with Crippen molar-refractivity contribution < 1.29 is 9.31 Å². The van der Waals surface area contributed by atoms with Crippen molar-refractivity contribution in [2.24, 2.45) is 0 Å². The van der Waals surface area contributed by atoms with Crippen LogP contribution in [0.15, 0.2) is 82.9 Å². The molecule has 0 radical (unpaired) electrons. The molecule has 0 heterocycles. The standard InChI is InChI=1S/C22H21BrNO/c1-24(2)20-11-7-16(8-12-20)22(18-5-4-6-19(23)15-18)17-9-13-21(25-3)14-10-17/h4-15H,1-3H3/q+1. The molecule has 2 aromatic rings. The third-order valence-corrected chi connectivity index (χ3v) is 4.66. The number of benzene rings is 2. The molecular weight excluding hydrogens is 374 g/mol. The fourth-order valence-electron chi connectivity index (χ4n) is 2.83. The minimum absolute atomic E-state index is 0.861. The smallest absolute Gasteiger partial charge is 0.199 e. The van der Waals surface area contributed by atoms with Gasteiger partial charge in [-0.25, -0.2) is 4.58 Å². The van der Waals surface area contributed by atoms with Gasteiger partial charge in [0.1, 0.15) is 19.8 Å². The molecule has 0 aromatic heterocycles. The van der Waals surface area contributed by atoms with Crippen molar-refractivity contribution in [3.63, 3.8) is 0 Å². The fourth-order valence-corrected chi connectivity index (χ4v) is 3.23. The quantitative estimate of drug-likeness (QED) is 0.659. The molecule has 0 bridgehead atoms. The number of methoxy groups -OCH3 is 1. The number of nitrogens with zero attached hydrogens (tertiary/aromatic N) is 1. The molecule has 0 unspecified atom stereocenters. The molecule has 3 heteroatoms. The molecule has 1 aliphatic rings. The predicted molar refractivity (Wildman–Crippen MR) is 109 cm³/mol. The van der Waals surface area contributed by atoms with E-state index in [2.05, 4.69) is 89.2 Å². The van der Waals surface area contributed by atoms with E-state index in [1.807, 2.05) is 18.2 Å². The van der Waals surface area contributed by atoms with E-state index in [0.717, 1.165) is 15.8 Å². The maximum absolute atomic E-state index is 5.30. The summed E-state index contributed by atoms with van der Waals surface area (Å²) in [6.07, 6.45) is 8.65. The Hall–Kier alpha value is -2.39. The third kappa shape index (κ3) is 3.99. The van der Waals surface area contributed by atoms with Crippen LogP contribution in [0.5, 0.6) is 5.75 Å². The zero-order valence-electron chi connectivity index (χ0n) is 14.7. The number of hydrogen-bond donors (Lipinski definition) is 0. The summed E-state index contributed by atoms with van der Waals surface area (Å²) in [7, 11) is 5.79. The van der Waals surface area contributed by atoms with Crippen LogP contribution in [0.4, 0.5) is 0 Å². The van der Waals surface area contributed by atoms with Gasteiger partial charge >= 0.3 is 0 Å². The molecule has 0 saturated carbocycles. The van der Waals surface area contributed by atoms with Crippen LogP contribution in [0.2, 0.25) is 0 Å². The minimum Gasteiger partial charge on any atom is -0.497 e. The molecule has 0 spiro atoms. The van der Waals surface area contributed by atoms with Gasteiger partial charge in [-0.1, -0.05) is 40.2 Å². The van der Waals surface area contributed by atoms with Gasteiger partial charge in [-0.2, -0.15) is 0 Å². The van der Waals surface area contributed by atoms with Gasteiger partial charge in [0.05, 0.1) is 7.11 Å². The summed E-state index contributed by atoms with van der Waals surface area (Å²) in [4.78, 5) is 0. The van der Waals surface area contributed by atoms with Crippen molar-refractivity contribution in [3.05, 3.63) is 94.0 Å². The first kappa shape index (κ1) is 17.4. The summed E-state index contributed by atoms with van der Waals surface area (Å²) in [5.41, 5.74) is 5.92. The van der Waals surface area contributed by atoms with Crippen LogP contribution in [-0.2, 0) is 0 Å². The van der Waals surface area contributed by atoms with Crippen LogP contribution in [0.3, 0.4) is 0 Å². The van der Waals surface area contributed by atoms with Crippen molar-refractivity contribution >= 4 is 27.2 Å². The topological polar surface area (TPSA) is 12.2 Å². The van der Waals surface area contributed by atoms with Crippen LogP contribution >= 0.6 is 15.9 Å². The number of hydrogen-bond acceptors (Lipinski definition) is 1. The maximum atomic E-state index is 5.30. The Bertz CT molecular complexity index is 880. The van der Waals surface area contributed by atoms with E-state index in [1.165, 1.54) is 22.4 Å². The van der Waals surface area contributed by atoms with E-state index in [-0.39, 0.29) is 0 Å². The Kier molecular flexibility index (Phi) is 5.34. The average Bonchev–Trinajstić information content (AvgIpc) is 2.63. The highest BCUT2D eigenvalue weighted by molar-refractivity contribution is 9.10. The van der Waals surface area contributed by atoms with Crippen LogP contribution in [-0.4, -0.2) is 31.5 Å². The van der Waals surface area contributed by atoms with Crippen molar-refractivity contribution in [2.45, 2.75) is 0 Å². The largest absolute Gasteiger partial charge is 0.497 e. The van der Waals surface area contributed by atoms with Crippen molar-refractivity contribution in [2.75, 3.05) is 21.2 Å². The molecule has 25 heavy (non-hydrogen) atoms. The number of ether oxygens (including phenoxy) is 1. The second-order valence-electron chi connectivity index (χ2n) is 6.06. The lowest BCUT2D eigenvalue weighted by Gasteiger charge is -2.14. The monoisotopic (exact) mass is 394 g/mol. The molecule has 3 rings (SSSR count). The van der Waals surface area contributed by atoms with Crippen LogP contribution in [0.25, 0.3) is 5.57 Å². The van der Waals surface area contributed by atoms with Crippen molar-refractivity contribution in [1.82, 2.24) is 0 Å². The maximum Gasteiger partial charge on any atom is 0.199 e. The van der Waals surface area contributed by atoms with E-state index in [0.29, 0.717) is 0 Å². The number of halogens is 1. The van der Waals surface area contributed by atoms with Crippen LogP contribution in [0, 0.1) is 0 Å². The summed E-state index contributed by atoms with van der Waals surface area (Å²) in [5, 5.41) is 0. The molecule has 1 aliphatic carbocycles. The summed E-state index contributed by atoms with van der Waals surface area (Å²) in [6, 6.07) is 16.6. The lowest BCUT2D eigenvalue weighted by atomic mass is 9.91. The number of allylic oxidation sites excluding steroid dienone is 5. The zero-order valence-corrected chi connectivity index (χ0v) is 16.2. The highest BCUT2D eigenvalue weighted by Gasteiger charge is 2.13. The molecule has 0 atom stereocenters. The van der Waals surface area contributed by atoms with Gasteiger partial charge in [0.2, 0.25) is 0 Å². The van der Waals surface area contributed by atoms with Gasteiger partial charge < -0.3 is 4.74 Å². The van der Waals surface area contributed by atoms with E-state index in [9.17, 15) is 0 Å². The molecule has 0 aliphatic heterocycles. The molecule has 0 fully saturated rings. The van der Waals surface area contributed by atoms with E-state index in [4.69, 9.17) is 4.74 Å². The van der Waals surface area contributed by atoms with Gasteiger partial charge in [-0.05, 0) is 58.7 Å². The summed E-state index contributed by atoms with van der Waals surface area (Å²) in [5.74, 6) is 0.861. The SMILES string of the molecule is COc1ccc(C(=C2C=CC(=[N+](C)C)C=C2)c2cccc(Br)c2)cc1. The van der Waals surface area contributed by atoms with Crippen molar-refractivity contribution in [3.8, 4) is 5.75 Å². The molecule has 0 N–H and O–H groups in total. The lowest BCUT2D eigenvalue weighted by molar-refractivity contribution is -0.462. The number of rotatable bonds is 3. The summed E-state index contributed by atoms with van der Waals surface area (Å²) >= 11 is 3.59. The first-order valence-electron chi connectivity index (χ1n) is 8.13. The highest BCUT2D eigenvalue weighted by atomic mass is 79.9. The van der Waals surface area contributed by atoms with E-state index < -0.39 is 0 Å². The highest BCUT2D eigenvalue weighted by Crippen LogP contribution is 2.32. The second kappa shape index (κ2) is 7.66. The molecule has 0 amide bonds.